The molecule has 2 aromatic rings. The fourth-order valence-corrected chi connectivity index (χ4v) is 2.31. The Bertz CT molecular complexity index is 806. The Balaban J connectivity index is 2.42. The average molecular weight is 343 g/mol. The van der Waals surface area contributed by atoms with Crippen LogP contribution in [0, 0.1) is 0 Å². The third kappa shape index (κ3) is 3.94. The van der Waals surface area contributed by atoms with Crippen LogP contribution in [0.15, 0.2) is 41.4 Å². The van der Waals surface area contributed by atoms with Crippen LogP contribution in [0.2, 0.25) is 5.02 Å². The number of hydrogen-bond acceptors (Lipinski definition) is 5. The Morgan fingerprint density at radius 1 is 1.32 bits per heavy atom. The first-order valence-electron chi connectivity index (χ1n) is 5.91. The molecule has 0 aliphatic rings. The lowest BCUT2D eigenvalue weighted by Crippen LogP contribution is -2.12. The normalized spacial score (nSPS) is 11.2. The molecule has 1 aromatic carbocycles. The first-order chi connectivity index (χ1) is 10.3. The van der Waals surface area contributed by atoms with Crippen LogP contribution >= 0.6 is 11.6 Å². The van der Waals surface area contributed by atoms with Crippen LogP contribution in [0.1, 0.15) is 0 Å². The van der Waals surface area contributed by atoms with Gasteiger partial charge in [0.2, 0.25) is 10.0 Å². The lowest BCUT2D eigenvalue weighted by molar-refractivity contribution is -0.139. The number of nitrogens with zero attached hydrogens (tertiary/aromatic N) is 1. The zero-order valence-electron chi connectivity index (χ0n) is 11.1. The number of carboxylic acid groups (broad SMARTS) is 1. The molecule has 0 aliphatic carbocycles. The molecular formula is C13H11ClN2O5S. The van der Waals surface area contributed by atoms with Gasteiger partial charge in [0, 0.05) is 16.8 Å². The topological polar surface area (TPSA) is 120 Å². The summed E-state index contributed by atoms with van der Waals surface area (Å²) in [5.74, 6) is -0.860. The minimum atomic E-state index is -3.84. The molecule has 0 spiro atoms. The van der Waals surface area contributed by atoms with Gasteiger partial charge in [-0.3, -0.25) is 4.98 Å². The van der Waals surface area contributed by atoms with Crippen LogP contribution in [0.4, 0.5) is 0 Å². The summed E-state index contributed by atoms with van der Waals surface area (Å²) < 4.78 is 27.6. The van der Waals surface area contributed by atoms with Crippen LogP contribution in [-0.2, 0) is 14.8 Å². The van der Waals surface area contributed by atoms with Crippen molar-refractivity contribution < 1.29 is 23.1 Å². The Kier molecular flexibility index (Phi) is 4.65. The summed E-state index contributed by atoms with van der Waals surface area (Å²) in [5.41, 5.74) is 0.810. The quantitative estimate of drug-likeness (QED) is 0.849. The van der Waals surface area contributed by atoms with Gasteiger partial charge in [0.25, 0.3) is 0 Å². The highest BCUT2D eigenvalue weighted by molar-refractivity contribution is 7.89. The zero-order valence-corrected chi connectivity index (χ0v) is 12.6. The van der Waals surface area contributed by atoms with Gasteiger partial charge < -0.3 is 9.84 Å². The van der Waals surface area contributed by atoms with Crippen molar-refractivity contribution in [1.82, 2.24) is 4.98 Å². The first kappa shape index (κ1) is 16.2. The molecule has 22 heavy (non-hydrogen) atoms. The maximum atomic E-state index is 11.2. The van der Waals surface area contributed by atoms with Crippen LogP contribution in [0.25, 0.3) is 11.3 Å². The fourth-order valence-electron chi connectivity index (χ4n) is 1.68. The number of aliphatic carboxylic acids is 1. The van der Waals surface area contributed by atoms with Crippen LogP contribution < -0.4 is 9.88 Å². The molecule has 7 nitrogen and oxygen atoms in total. The molecule has 116 valence electrons. The third-order valence-electron chi connectivity index (χ3n) is 2.63. The molecule has 3 N–H and O–H groups in total. The Morgan fingerprint density at radius 2 is 2.05 bits per heavy atom. The highest BCUT2D eigenvalue weighted by Crippen LogP contribution is 2.31. The molecule has 0 fully saturated rings. The molecule has 0 bridgehead atoms. The second kappa shape index (κ2) is 6.30. The van der Waals surface area contributed by atoms with E-state index in [2.05, 4.69) is 4.98 Å². The number of aromatic nitrogens is 1. The third-order valence-corrected chi connectivity index (χ3v) is 3.77. The van der Waals surface area contributed by atoms with Gasteiger partial charge in [-0.25, -0.2) is 18.4 Å². The van der Waals surface area contributed by atoms with E-state index in [9.17, 15) is 13.2 Å². The number of ether oxygens (including phenoxy) is 1. The first-order valence-corrected chi connectivity index (χ1v) is 7.83. The number of halogens is 1. The number of nitrogens with two attached hydrogens (primary N) is 1. The van der Waals surface area contributed by atoms with Crippen LogP contribution in [0.3, 0.4) is 0 Å². The van der Waals surface area contributed by atoms with E-state index in [-0.39, 0.29) is 10.6 Å². The van der Waals surface area contributed by atoms with Gasteiger partial charge in [-0.1, -0.05) is 11.6 Å². The van der Waals surface area contributed by atoms with Crippen molar-refractivity contribution in [1.29, 1.82) is 0 Å². The number of benzene rings is 1. The predicted octanol–water partition coefficient (Wildman–Crippen LogP) is 1.51. The smallest absolute Gasteiger partial charge is 0.341 e. The SMILES string of the molecule is NS(=O)(=O)c1ccc(-c2cc(Cl)ccc2OCC(=O)O)nc1. The highest BCUT2D eigenvalue weighted by atomic mass is 35.5. The molecule has 0 amide bonds. The second-order valence-corrected chi connectivity index (χ2v) is 6.24. The monoisotopic (exact) mass is 342 g/mol. The number of pyridine rings is 1. The van der Waals surface area contributed by atoms with Gasteiger partial charge in [0.1, 0.15) is 10.6 Å². The molecule has 0 atom stereocenters. The number of carbonyl (C=O) groups is 1. The van der Waals surface area contributed by atoms with Crippen molar-refractivity contribution in [2.75, 3.05) is 6.61 Å². The molecule has 1 heterocycles. The zero-order chi connectivity index (χ0) is 16.3. The Morgan fingerprint density at radius 3 is 2.59 bits per heavy atom. The van der Waals surface area contributed by atoms with E-state index in [4.69, 9.17) is 26.6 Å². The van der Waals surface area contributed by atoms with Crippen LogP contribution in [-0.4, -0.2) is 31.1 Å². The lowest BCUT2D eigenvalue weighted by Gasteiger charge is -2.10. The summed E-state index contributed by atoms with van der Waals surface area (Å²) in [7, 11) is -3.84. The van der Waals surface area contributed by atoms with Gasteiger partial charge in [-0.05, 0) is 30.3 Å². The summed E-state index contributed by atoms with van der Waals surface area (Å²) in [4.78, 5) is 14.5. The summed E-state index contributed by atoms with van der Waals surface area (Å²) >= 11 is 5.92. The highest BCUT2D eigenvalue weighted by Gasteiger charge is 2.13. The minimum absolute atomic E-state index is 0.133. The van der Waals surface area contributed by atoms with Crippen molar-refractivity contribution in [2.45, 2.75) is 4.90 Å². The second-order valence-electron chi connectivity index (χ2n) is 4.25. The van der Waals surface area contributed by atoms with Gasteiger partial charge >= 0.3 is 5.97 Å². The minimum Gasteiger partial charge on any atom is -0.481 e. The molecule has 0 saturated heterocycles. The number of carboxylic acids is 1. The summed E-state index contributed by atoms with van der Waals surface area (Å²) in [6.07, 6.45) is 1.10. The number of primary sulfonamides is 1. The van der Waals surface area contributed by atoms with Gasteiger partial charge in [0.15, 0.2) is 6.61 Å². The maximum absolute atomic E-state index is 11.2. The van der Waals surface area contributed by atoms with Crippen LogP contribution in [0.5, 0.6) is 5.75 Å². The summed E-state index contributed by atoms with van der Waals surface area (Å²) in [6, 6.07) is 7.31. The molecular weight excluding hydrogens is 332 g/mol. The van der Waals surface area contributed by atoms with E-state index in [1.54, 1.807) is 6.07 Å². The van der Waals surface area contributed by atoms with E-state index >= 15 is 0 Å². The molecule has 2 rings (SSSR count). The molecule has 1 aromatic heterocycles. The number of hydrogen-bond donors (Lipinski definition) is 2. The van der Waals surface area contributed by atoms with E-state index in [0.29, 0.717) is 16.3 Å². The van der Waals surface area contributed by atoms with E-state index < -0.39 is 22.6 Å². The van der Waals surface area contributed by atoms with Crippen molar-refractivity contribution in [3.8, 4) is 17.0 Å². The van der Waals surface area contributed by atoms with Crippen molar-refractivity contribution in [3.63, 3.8) is 0 Å². The van der Waals surface area contributed by atoms with E-state index in [1.807, 2.05) is 0 Å². The summed E-state index contributed by atoms with van der Waals surface area (Å²) in [6.45, 7) is -0.524. The van der Waals surface area contributed by atoms with Crippen molar-refractivity contribution >= 4 is 27.6 Å². The molecule has 0 aliphatic heterocycles. The summed E-state index contributed by atoms with van der Waals surface area (Å²) in [5, 5.41) is 14.1. The molecule has 0 radical (unpaired) electrons. The van der Waals surface area contributed by atoms with Gasteiger partial charge in [-0.2, -0.15) is 0 Å². The largest absolute Gasteiger partial charge is 0.481 e. The molecule has 0 saturated carbocycles. The van der Waals surface area contributed by atoms with Crippen molar-refractivity contribution in [2.24, 2.45) is 5.14 Å². The average Bonchev–Trinajstić information content (AvgIpc) is 2.45. The fraction of sp³-hybridized carbons (Fsp3) is 0.0769. The standard InChI is InChI=1S/C13H11ClN2O5S/c14-8-1-4-12(21-7-13(17)18)10(5-8)11-3-2-9(6-16-11)22(15,19)20/h1-6H,7H2,(H,17,18)(H2,15,19,20). The Labute approximate surface area is 131 Å². The van der Waals surface area contributed by atoms with E-state index in [1.165, 1.54) is 24.3 Å². The van der Waals surface area contributed by atoms with Crippen molar-refractivity contribution in [3.05, 3.63) is 41.6 Å². The predicted molar refractivity (Wildman–Crippen MR) is 79.2 cm³/mol. The maximum Gasteiger partial charge on any atom is 0.341 e. The molecule has 0 unspecified atom stereocenters. The lowest BCUT2D eigenvalue weighted by atomic mass is 10.1. The number of sulfonamides is 1. The number of rotatable bonds is 5. The van der Waals surface area contributed by atoms with Gasteiger partial charge in [-0.15, -0.1) is 0 Å². The van der Waals surface area contributed by atoms with E-state index in [0.717, 1.165) is 6.20 Å². The Hall–Kier alpha value is -2.16. The van der Waals surface area contributed by atoms with Gasteiger partial charge in [0.05, 0.1) is 5.69 Å². The molecule has 9 heteroatoms.